The monoisotopic (exact) mass is 598 g/mol. The number of hydrogen-bond acceptors (Lipinski definition) is 5. The van der Waals surface area contributed by atoms with Crippen molar-refractivity contribution in [3.05, 3.63) is 94.8 Å². The molecule has 1 saturated heterocycles. The van der Waals surface area contributed by atoms with E-state index >= 15 is 0 Å². The van der Waals surface area contributed by atoms with Gasteiger partial charge in [-0.3, -0.25) is 9.69 Å². The van der Waals surface area contributed by atoms with Crippen LogP contribution in [0.4, 0.5) is 4.39 Å². The van der Waals surface area contributed by atoms with Gasteiger partial charge in [0.05, 0.1) is 25.3 Å². The van der Waals surface area contributed by atoms with Crippen LogP contribution in [0.2, 0.25) is 0 Å². The number of nitrogens with one attached hydrogen (secondary N) is 1. The van der Waals surface area contributed by atoms with Crippen LogP contribution >= 0.6 is 0 Å². The molecule has 0 aromatic heterocycles. The number of hydrogen-bond donors (Lipinski definition) is 2. The number of rotatable bonds is 10. The summed E-state index contributed by atoms with van der Waals surface area (Å²) in [5.41, 5.74) is 3.81. The molecule has 4 aromatic carbocycles. The molecular weight excluding hydrogens is 559 g/mol. The lowest BCUT2D eigenvalue weighted by atomic mass is 9.91. The number of carboxylic acid groups (broad SMARTS) is 1. The molecule has 230 valence electrons. The maximum absolute atomic E-state index is 14.5. The van der Waals surface area contributed by atoms with E-state index in [0.717, 1.165) is 51.9 Å². The number of methoxy groups -OCH3 is 2. The topological polar surface area (TPSA) is 88.1 Å². The summed E-state index contributed by atoms with van der Waals surface area (Å²) in [6.07, 6.45) is 3.61. The SMILES string of the molecule is COc1ccc(CN2CCCCC2C)c(OC)c1-c1cccc2c(C[C@H](NC(=O)c3c(C)cccc3F)C(=O)O)cccc12. The van der Waals surface area contributed by atoms with E-state index in [4.69, 9.17) is 9.47 Å². The number of carboxylic acids is 1. The summed E-state index contributed by atoms with van der Waals surface area (Å²) in [6, 6.07) is 19.2. The van der Waals surface area contributed by atoms with E-state index in [2.05, 4.69) is 23.2 Å². The van der Waals surface area contributed by atoms with Crippen LogP contribution in [0.25, 0.3) is 21.9 Å². The lowest BCUT2D eigenvalue weighted by Gasteiger charge is -2.34. The summed E-state index contributed by atoms with van der Waals surface area (Å²) in [7, 11) is 3.31. The molecule has 5 rings (SSSR count). The molecule has 8 heteroatoms. The summed E-state index contributed by atoms with van der Waals surface area (Å²) in [6.45, 7) is 5.69. The lowest BCUT2D eigenvalue weighted by molar-refractivity contribution is -0.139. The third-order valence-corrected chi connectivity index (χ3v) is 8.70. The molecule has 1 unspecified atom stereocenters. The molecule has 0 spiro atoms. The molecule has 2 N–H and O–H groups in total. The van der Waals surface area contributed by atoms with Gasteiger partial charge in [-0.2, -0.15) is 0 Å². The van der Waals surface area contributed by atoms with Crippen LogP contribution in [-0.4, -0.2) is 54.7 Å². The smallest absolute Gasteiger partial charge is 0.326 e. The van der Waals surface area contributed by atoms with E-state index < -0.39 is 23.7 Å². The van der Waals surface area contributed by atoms with Crippen LogP contribution in [0.3, 0.4) is 0 Å². The van der Waals surface area contributed by atoms with Crippen molar-refractivity contribution >= 4 is 22.6 Å². The van der Waals surface area contributed by atoms with E-state index in [0.29, 0.717) is 17.4 Å². The van der Waals surface area contributed by atoms with Crippen LogP contribution in [0, 0.1) is 12.7 Å². The molecule has 1 aliphatic rings. The van der Waals surface area contributed by atoms with E-state index in [1.807, 2.05) is 42.5 Å². The predicted octanol–water partition coefficient (Wildman–Crippen LogP) is 6.77. The molecule has 1 fully saturated rings. The van der Waals surface area contributed by atoms with Crippen molar-refractivity contribution in [3.8, 4) is 22.6 Å². The van der Waals surface area contributed by atoms with Crippen molar-refractivity contribution in [1.82, 2.24) is 10.2 Å². The fourth-order valence-electron chi connectivity index (χ4n) is 6.34. The zero-order chi connectivity index (χ0) is 31.4. The minimum Gasteiger partial charge on any atom is -0.496 e. The quantitative estimate of drug-likeness (QED) is 0.210. The average Bonchev–Trinajstić information content (AvgIpc) is 3.01. The van der Waals surface area contributed by atoms with Crippen molar-refractivity contribution in [2.75, 3.05) is 20.8 Å². The van der Waals surface area contributed by atoms with Crippen LogP contribution in [-0.2, 0) is 17.8 Å². The number of fused-ring (bicyclic) bond motifs is 1. The number of ether oxygens (including phenoxy) is 2. The summed E-state index contributed by atoms with van der Waals surface area (Å²) >= 11 is 0. The van der Waals surface area contributed by atoms with Gasteiger partial charge in [0.15, 0.2) is 0 Å². The Kier molecular flexibility index (Phi) is 9.49. The van der Waals surface area contributed by atoms with Gasteiger partial charge in [0, 0.05) is 24.6 Å². The molecule has 7 nitrogen and oxygen atoms in total. The Labute approximate surface area is 257 Å². The van der Waals surface area contributed by atoms with Gasteiger partial charge in [-0.25, -0.2) is 9.18 Å². The normalized spacial score (nSPS) is 16.0. The second-order valence-corrected chi connectivity index (χ2v) is 11.5. The number of amides is 1. The van der Waals surface area contributed by atoms with Crippen molar-refractivity contribution < 1.29 is 28.6 Å². The largest absolute Gasteiger partial charge is 0.496 e. The van der Waals surface area contributed by atoms with Crippen LogP contribution in [0.5, 0.6) is 11.5 Å². The Bertz CT molecular complexity index is 1670. The lowest BCUT2D eigenvalue weighted by Crippen LogP contribution is -2.42. The number of piperidine rings is 1. The highest BCUT2D eigenvalue weighted by atomic mass is 19.1. The summed E-state index contributed by atoms with van der Waals surface area (Å²) in [5.74, 6) is -1.24. The molecule has 1 amide bonds. The highest BCUT2D eigenvalue weighted by Gasteiger charge is 2.26. The maximum Gasteiger partial charge on any atom is 0.326 e. The fraction of sp³-hybridized carbons (Fsp3) is 0.333. The second-order valence-electron chi connectivity index (χ2n) is 11.5. The number of benzene rings is 4. The molecule has 2 atom stereocenters. The first kappa shape index (κ1) is 31.0. The van der Waals surface area contributed by atoms with Crippen LogP contribution in [0.15, 0.2) is 66.7 Å². The zero-order valence-electron chi connectivity index (χ0n) is 25.7. The first-order chi connectivity index (χ1) is 21.2. The minimum atomic E-state index is -1.27. The third-order valence-electron chi connectivity index (χ3n) is 8.70. The summed E-state index contributed by atoms with van der Waals surface area (Å²) in [5, 5.41) is 14.3. The molecule has 44 heavy (non-hydrogen) atoms. The van der Waals surface area contributed by atoms with Gasteiger partial charge >= 0.3 is 5.97 Å². The Hall–Kier alpha value is -4.43. The van der Waals surface area contributed by atoms with Gasteiger partial charge in [0.25, 0.3) is 5.91 Å². The Morgan fingerprint density at radius 3 is 2.43 bits per heavy atom. The van der Waals surface area contributed by atoms with Gasteiger partial charge in [-0.1, -0.05) is 61.0 Å². The Morgan fingerprint density at radius 2 is 1.73 bits per heavy atom. The summed E-state index contributed by atoms with van der Waals surface area (Å²) < 4.78 is 26.4. The fourth-order valence-corrected chi connectivity index (χ4v) is 6.34. The van der Waals surface area contributed by atoms with Gasteiger partial charge in [-0.05, 0) is 72.8 Å². The number of likely N-dealkylation sites (tertiary alicyclic amines) is 1. The number of nitrogens with zero attached hydrogens (tertiary/aromatic N) is 1. The number of aliphatic carboxylic acids is 1. The third kappa shape index (κ3) is 6.26. The van der Waals surface area contributed by atoms with Crippen LogP contribution in [0.1, 0.15) is 53.2 Å². The molecule has 0 radical (unpaired) electrons. The molecule has 1 aliphatic heterocycles. The Balaban J connectivity index is 1.53. The average molecular weight is 599 g/mol. The van der Waals surface area contributed by atoms with E-state index in [9.17, 15) is 19.1 Å². The van der Waals surface area contributed by atoms with E-state index in [1.54, 1.807) is 27.2 Å². The molecule has 0 saturated carbocycles. The first-order valence-corrected chi connectivity index (χ1v) is 15.0. The Morgan fingerprint density at radius 1 is 0.977 bits per heavy atom. The molecule has 4 aromatic rings. The number of carbonyl (C=O) groups is 2. The maximum atomic E-state index is 14.5. The van der Waals surface area contributed by atoms with Gasteiger partial charge in [0.1, 0.15) is 23.4 Å². The van der Waals surface area contributed by atoms with Gasteiger partial charge in [-0.15, -0.1) is 0 Å². The van der Waals surface area contributed by atoms with Crippen molar-refractivity contribution in [1.29, 1.82) is 0 Å². The molecular formula is C36H39FN2O5. The van der Waals surface area contributed by atoms with E-state index in [-0.39, 0.29) is 12.0 Å². The van der Waals surface area contributed by atoms with Crippen molar-refractivity contribution in [2.45, 2.75) is 58.2 Å². The summed E-state index contributed by atoms with van der Waals surface area (Å²) in [4.78, 5) is 27.8. The predicted molar refractivity (Wildman–Crippen MR) is 170 cm³/mol. The highest BCUT2D eigenvalue weighted by Crippen LogP contribution is 2.44. The molecule has 0 aliphatic carbocycles. The number of halogens is 1. The number of aryl methyl sites for hydroxylation is 1. The van der Waals surface area contributed by atoms with E-state index in [1.165, 1.54) is 31.4 Å². The number of carbonyl (C=O) groups excluding carboxylic acids is 1. The van der Waals surface area contributed by atoms with Crippen LogP contribution < -0.4 is 14.8 Å². The molecule has 0 bridgehead atoms. The van der Waals surface area contributed by atoms with Gasteiger partial charge < -0.3 is 19.9 Å². The highest BCUT2D eigenvalue weighted by molar-refractivity contribution is 6.02. The first-order valence-electron chi connectivity index (χ1n) is 15.0. The second kappa shape index (κ2) is 13.5. The van der Waals surface area contributed by atoms with Crippen molar-refractivity contribution in [3.63, 3.8) is 0 Å². The molecule has 1 heterocycles. The standard InChI is InChI=1S/C36H39FN2O5/c1-22-10-7-16-29(37)32(22)35(40)38-30(36(41)42)20-24-12-8-14-27-26(24)13-9-15-28(27)33-31(43-3)18-17-25(34(33)44-4)21-39-19-6-5-11-23(39)2/h7-10,12-18,23,30H,5-6,11,19-21H2,1-4H3,(H,38,40)(H,41,42)/t23?,30-/m0/s1. The van der Waals surface area contributed by atoms with Crippen molar-refractivity contribution in [2.24, 2.45) is 0 Å². The zero-order valence-corrected chi connectivity index (χ0v) is 25.7. The minimum absolute atomic E-state index is 0.0104. The van der Waals surface area contributed by atoms with Gasteiger partial charge in [0.2, 0.25) is 0 Å².